The van der Waals surface area contributed by atoms with Crippen molar-refractivity contribution >= 4 is 40.6 Å². The molecule has 1 aliphatic carbocycles. The van der Waals surface area contributed by atoms with Gasteiger partial charge in [-0.15, -0.1) is 0 Å². The van der Waals surface area contributed by atoms with Gasteiger partial charge in [-0.2, -0.15) is 0 Å². The normalized spacial score (nSPS) is 20.3. The van der Waals surface area contributed by atoms with E-state index in [-0.39, 0.29) is 30.2 Å². The lowest BCUT2D eigenvalue weighted by atomic mass is 10.1. The Kier molecular flexibility index (Phi) is 8.77. The molecule has 4 amide bonds. The lowest BCUT2D eigenvalue weighted by molar-refractivity contribution is -0.126. The van der Waals surface area contributed by atoms with E-state index in [9.17, 15) is 14.4 Å². The molecule has 2 aliphatic heterocycles. The molecule has 0 bridgehead atoms. The first-order valence-electron chi connectivity index (χ1n) is 15.3. The van der Waals surface area contributed by atoms with E-state index in [1.807, 2.05) is 78.9 Å². The summed E-state index contributed by atoms with van der Waals surface area (Å²) in [6, 6.07) is 24.5. The SMILES string of the molecule is O=C(Nc1ccc(OC2CCCC2)cc1)Nc1ccc(N2CCC(CNC(=O)C3CC(=O)N(c4ccccc4)C3)C2)cc1. The molecule has 3 aromatic carbocycles. The first kappa shape index (κ1) is 28.6. The van der Waals surface area contributed by atoms with E-state index < -0.39 is 0 Å². The van der Waals surface area contributed by atoms with Crippen LogP contribution in [0.15, 0.2) is 78.9 Å². The van der Waals surface area contributed by atoms with E-state index in [0.717, 1.165) is 49.5 Å². The lowest BCUT2D eigenvalue weighted by Gasteiger charge is -2.20. The first-order chi connectivity index (χ1) is 21.0. The quantitative estimate of drug-likeness (QED) is 0.303. The lowest BCUT2D eigenvalue weighted by Crippen LogP contribution is -2.36. The number of rotatable bonds is 9. The van der Waals surface area contributed by atoms with Gasteiger partial charge >= 0.3 is 6.03 Å². The van der Waals surface area contributed by atoms with Gasteiger partial charge in [-0.3, -0.25) is 9.59 Å². The molecule has 2 unspecified atom stereocenters. The Morgan fingerprint density at radius 2 is 1.47 bits per heavy atom. The molecular weight excluding hydrogens is 542 g/mol. The Morgan fingerprint density at radius 3 is 2.16 bits per heavy atom. The minimum absolute atomic E-state index is 0.00710. The Hall–Kier alpha value is -4.53. The van der Waals surface area contributed by atoms with Crippen molar-refractivity contribution in [3.63, 3.8) is 0 Å². The van der Waals surface area contributed by atoms with Crippen LogP contribution in [0.1, 0.15) is 38.5 Å². The van der Waals surface area contributed by atoms with E-state index in [0.29, 0.717) is 36.5 Å². The summed E-state index contributed by atoms with van der Waals surface area (Å²) in [6.07, 6.45) is 6.20. The molecule has 3 fully saturated rings. The highest BCUT2D eigenvalue weighted by Crippen LogP contribution is 2.28. The van der Waals surface area contributed by atoms with Crippen LogP contribution in [0.4, 0.5) is 27.5 Å². The number of urea groups is 1. The van der Waals surface area contributed by atoms with Crippen molar-refractivity contribution < 1.29 is 19.1 Å². The highest BCUT2D eigenvalue weighted by molar-refractivity contribution is 6.00. The highest BCUT2D eigenvalue weighted by atomic mass is 16.5. The molecule has 2 saturated heterocycles. The van der Waals surface area contributed by atoms with Gasteiger partial charge in [0.25, 0.3) is 0 Å². The van der Waals surface area contributed by atoms with Crippen LogP contribution in [0.2, 0.25) is 0 Å². The molecule has 224 valence electrons. The number of nitrogens with one attached hydrogen (secondary N) is 3. The van der Waals surface area contributed by atoms with Crippen LogP contribution in [0.25, 0.3) is 0 Å². The Balaban J connectivity index is 0.924. The van der Waals surface area contributed by atoms with Crippen molar-refractivity contribution in [3.05, 3.63) is 78.9 Å². The van der Waals surface area contributed by atoms with E-state index in [1.165, 1.54) is 12.8 Å². The van der Waals surface area contributed by atoms with E-state index >= 15 is 0 Å². The predicted octanol–water partition coefficient (Wildman–Crippen LogP) is 5.65. The van der Waals surface area contributed by atoms with Gasteiger partial charge in [0, 0.05) is 55.3 Å². The first-order valence-corrected chi connectivity index (χ1v) is 15.3. The summed E-state index contributed by atoms with van der Waals surface area (Å²) in [5, 5.41) is 8.86. The summed E-state index contributed by atoms with van der Waals surface area (Å²) in [4.78, 5) is 41.9. The van der Waals surface area contributed by atoms with Crippen molar-refractivity contribution in [3.8, 4) is 5.75 Å². The molecule has 43 heavy (non-hydrogen) atoms. The number of carbonyl (C=O) groups is 3. The molecule has 6 rings (SSSR count). The number of carbonyl (C=O) groups excluding carboxylic acids is 3. The maximum Gasteiger partial charge on any atom is 0.323 e. The third-order valence-corrected chi connectivity index (χ3v) is 8.62. The van der Waals surface area contributed by atoms with Gasteiger partial charge in [-0.05, 0) is 98.7 Å². The summed E-state index contributed by atoms with van der Waals surface area (Å²) in [5.74, 6) is 0.794. The molecule has 0 radical (unpaired) electrons. The Labute approximate surface area is 252 Å². The number of nitrogens with zero attached hydrogens (tertiary/aromatic N) is 2. The van der Waals surface area contributed by atoms with Gasteiger partial charge < -0.3 is 30.5 Å². The molecular formula is C34H39N5O4. The second-order valence-electron chi connectivity index (χ2n) is 11.8. The maximum atomic E-state index is 12.8. The highest BCUT2D eigenvalue weighted by Gasteiger charge is 2.35. The minimum atomic E-state index is -0.322. The Bertz CT molecular complexity index is 1410. The zero-order valence-corrected chi connectivity index (χ0v) is 24.3. The Morgan fingerprint density at radius 1 is 0.791 bits per heavy atom. The molecule has 9 nitrogen and oxygen atoms in total. The van der Waals surface area contributed by atoms with Gasteiger partial charge in [-0.25, -0.2) is 4.79 Å². The zero-order chi connectivity index (χ0) is 29.6. The average Bonchev–Trinajstić information content (AvgIpc) is 3.80. The predicted molar refractivity (Wildman–Crippen MR) is 169 cm³/mol. The van der Waals surface area contributed by atoms with Crippen molar-refractivity contribution in [1.29, 1.82) is 0 Å². The number of para-hydroxylation sites is 1. The summed E-state index contributed by atoms with van der Waals surface area (Å²) in [6.45, 7) is 2.76. The van der Waals surface area contributed by atoms with Gasteiger partial charge in [0.2, 0.25) is 11.8 Å². The fourth-order valence-electron chi connectivity index (χ4n) is 6.23. The van der Waals surface area contributed by atoms with E-state index in [1.54, 1.807) is 4.90 Å². The van der Waals surface area contributed by atoms with Crippen LogP contribution in [0.3, 0.4) is 0 Å². The fourth-order valence-corrected chi connectivity index (χ4v) is 6.23. The fraction of sp³-hybridized carbons (Fsp3) is 0.382. The van der Waals surface area contributed by atoms with Crippen molar-refractivity contribution in [1.82, 2.24) is 5.32 Å². The molecule has 1 saturated carbocycles. The van der Waals surface area contributed by atoms with Crippen LogP contribution in [0, 0.1) is 11.8 Å². The van der Waals surface area contributed by atoms with Crippen molar-refractivity contribution in [2.75, 3.05) is 46.6 Å². The number of ether oxygens (including phenoxy) is 1. The van der Waals surface area contributed by atoms with Crippen LogP contribution >= 0.6 is 0 Å². The standard InChI is InChI=1S/C34H39N5O4/c40-32-20-25(23-39(32)29-6-2-1-3-7-29)33(41)35-21-24-18-19-38(22-24)28-14-10-26(11-15-28)36-34(42)37-27-12-16-31(17-13-27)43-30-8-4-5-9-30/h1-3,6-7,10-17,24-25,30H,4-5,8-9,18-23H2,(H,35,41)(H2,36,37,42). The average molecular weight is 582 g/mol. The third kappa shape index (κ3) is 7.28. The van der Waals surface area contributed by atoms with Crippen molar-refractivity contribution in [2.45, 2.75) is 44.6 Å². The van der Waals surface area contributed by atoms with E-state index in [4.69, 9.17) is 4.74 Å². The second-order valence-corrected chi connectivity index (χ2v) is 11.8. The number of benzene rings is 3. The molecule has 3 aliphatic rings. The maximum absolute atomic E-state index is 12.8. The number of anilines is 4. The van der Waals surface area contributed by atoms with Crippen molar-refractivity contribution in [2.24, 2.45) is 11.8 Å². The molecule has 2 heterocycles. The van der Waals surface area contributed by atoms with Crippen LogP contribution < -0.4 is 30.5 Å². The summed E-state index contributed by atoms with van der Waals surface area (Å²) in [7, 11) is 0. The third-order valence-electron chi connectivity index (χ3n) is 8.62. The minimum Gasteiger partial charge on any atom is -0.490 e. The van der Waals surface area contributed by atoms with E-state index in [2.05, 4.69) is 20.9 Å². The molecule has 2 atom stereocenters. The van der Waals surface area contributed by atoms with Crippen LogP contribution in [0.5, 0.6) is 5.75 Å². The topological polar surface area (TPSA) is 103 Å². The molecule has 3 aromatic rings. The molecule has 3 N–H and O–H groups in total. The number of amides is 4. The molecule has 0 aromatic heterocycles. The smallest absolute Gasteiger partial charge is 0.323 e. The largest absolute Gasteiger partial charge is 0.490 e. The zero-order valence-electron chi connectivity index (χ0n) is 24.3. The number of hydrogen-bond donors (Lipinski definition) is 3. The van der Waals surface area contributed by atoms with Gasteiger partial charge in [0.05, 0.1) is 12.0 Å². The number of hydrogen-bond acceptors (Lipinski definition) is 5. The summed E-state index contributed by atoms with van der Waals surface area (Å²) >= 11 is 0. The van der Waals surface area contributed by atoms with Gasteiger partial charge in [0.1, 0.15) is 5.75 Å². The molecule has 9 heteroatoms. The summed E-state index contributed by atoms with van der Waals surface area (Å²) in [5.41, 5.74) is 3.33. The second kappa shape index (κ2) is 13.2. The van der Waals surface area contributed by atoms with Gasteiger partial charge in [0.15, 0.2) is 0 Å². The van der Waals surface area contributed by atoms with Crippen LogP contribution in [-0.4, -0.2) is 50.1 Å². The summed E-state index contributed by atoms with van der Waals surface area (Å²) < 4.78 is 5.99. The molecule has 0 spiro atoms. The monoisotopic (exact) mass is 581 g/mol. The van der Waals surface area contributed by atoms with Gasteiger partial charge in [-0.1, -0.05) is 18.2 Å². The van der Waals surface area contributed by atoms with Crippen LogP contribution in [-0.2, 0) is 9.59 Å².